The van der Waals surface area contributed by atoms with Crippen molar-refractivity contribution in [3.63, 3.8) is 0 Å². The molecule has 96 valence electrons. The van der Waals surface area contributed by atoms with Gasteiger partial charge in [-0.2, -0.15) is 0 Å². The summed E-state index contributed by atoms with van der Waals surface area (Å²) in [5.41, 5.74) is 4.27. The summed E-state index contributed by atoms with van der Waals surface area (Å²) in [5.74, 6) is 0.988. The van der Waals surface area contributed by atoms with Crippen molar-refractivity contribution >= 4 is 0 Å². The normalized spacial score (nSPS) is 45.0. The summed E-state index contributed by atoms with van der Waals surface area (Å²) in [6.45, 7) is 7.79. The Bertz CT molecular complexity index is 357. The zero-order chi connectivity index (χ0) is 12.1. The van der Waals surface area contributed by atoms with Gasteiger partial charge in [-0.05, 0) is 38.2 Å². The third kappa shape index (κ3) is 1.54. The molecule has 0 amide bonds. The van der Waals surface area contributed by atoms with Crippen LogP contribution in [-0.2, 0) is 0 Å². The molecular formula is C16H28N+. The zero-order valence-electron chi connectivity index (χ0n) is 11.9. The third-order valence-electron chi connectivity index (χ3n) is 6.13. The van der Waals surface area contributed by atoms with E-state index in [1.54, 1.807) is 0 Å². The van der Waals surface area contributed by atoms with Crippen molar-refractivity contribution < 1.29 is 4.48 Å². The van der Waals surface area contributed by atoms with Crippen LogP contribution in [0.15, 0.2) is 11.1 Å². The molecule has 1 saturated heterocycles. The van der Waals surface area contributed by atoms with Gasteiger partial charge in [0.1, 0.15) is 5.54 Å². The first kappa shape index (κ1) is 11.8. The fourth-order valence-corrected chi connectivity index (χ4v) is 5.12. The Morgan fingerprint density at radius 2 is 2.12 bits per heavy atom. The number of hydrogen-bond donors (Lipinski definition) is 0. The van der Waals surface area contributed by atoms with Crippen LogP contribution in [-0.4, -0.2) is 30.2 Å². The second-order valence-corrected chi connectivity index (χ2v) is 7.12. The number of nitrogens with zero attached hydrogens (tertiary/aromatic N) is 1. The Kier molecular flexibility index (Phi) is 2.66. The van der Waals surface area contributed by atoms with Crippen LogP contribution in [0.4, 0.5) is 0 Å². The van der Waals surface area contributed by atoms with Crippen LogP contribution in [0, 0.1) is 5.92 Å². The molecule has 3 unspecified atom stereocenters. The van der Waals surface area contributed by atoms with Crippen LogP contribution in [0.1, 0.15) is 58.8 Å². The van der Waals surface area contributed by atoms with E-state index in [2.05, 4.69) is 20.9 Å². The summed E-state index contributed by atoms with van der Waals surface area (Å²) >= 11 is 0. The van der Waals surface area contributed by atoms with Crippen molar-refractivity contribution in [2.24, 2.45) is 5.92 Å². The summed E-state index contributed by atoms with van der Waals surface area (Å²) in [6, 6.07) is 0. The number of fused-ring (bicyclic) bond motifs is 2. The fourth-order valence-electron chi connectivity index (χ4n) is 5.12. The van der Waals surface area contributed by atoms with Gasteiger partial charge in [0, 0.05) is 18.8 Å². The van der Waals surface area contributed by atoms with Crippen molar-refractivity contribution in [3.05, 3.63) is 11.1 Å². The highest BCUT2D eigenvalue weighted by atomic mass is 15.4. The van der Waals surface area contributed by atoms with Gasteiger partial charge in [-0.15, -0.1) is 0 Å². The molecule has 2 heterocycles. The lowest BCUT2D eigenvalue weighted by molar-refractivity contribution is -0.941. The van der Waals surface area contributed by atoms with E-state index in [4.69, 9.17) is 0 Å². The molecule has 1 fully saturated rings. The number of quaternary nitrogens is 1. The van der Waals surface area contributed by atoms with E-state index in [0.717, 1.165) is 5.92 Å². The Labute approximate surface area is 106 Å². The number of hydrogen-bond acceptors (Lipinski definition) is 0. The Balaban J connectivity index is 1.94. The molecule has 0 aromatic heterocycles. The topological polar surface area (TPSA) is 0 Å². The molecule has 0 aromatic rings. The largest absolute Gasteiger partial charge is 0.317 e. The summed E-state index contributed by atoms with van der Waals surface area (Å²) < 4.78 is 1.36. The van der Waals surface area contributed by atoms with Gasteiger partial charge in [0.05, 0.1) is 20.1 Å². The molecule has 1 aliphatic carbocycles. The first-order valence-corrected chi connectivity index (χ1v) is 7.65. The maximum absolute atomic E-state index is 2.59. The minimum atomic E-state index is 0.518. The molecule has 17 heavy (non-hydrogen) atoms. The van der Waals surface area contributed by atoms with E-state index in [9.17, 15) is 0 Å². The predicted molar refractivity (Wildman–Crippen MR) is 72.8 cm³/mol. The molecule has 1 heteroatoms. The molecule has 2 aliphatic heterocycles. The smallest absolute Gasteiger partial charge is 0.118 e. The number of rotatable bonds is 2. The van der Waals surface area contributed by atoms with Gasteiger partial charge in [-0.3, -0.25) is 0 Å². The molecule has 3 rings (SSSR count). The van der Waals surface area contributed by atoms with Crippen LogP contribution in [0.5, 0.6) is 0 Å². The maximum atomic E-state index is 2.59. The summed E-state index contributed by atoms with van der Waals surface area (Å²) in [6.07, 6.45) is 9.97. The first-order chi connectivity index (χ1) is 8.09. The van der Waals surface area contributed by atoms with Gasteiger partial charge in [-0.25, -0.2) is 0 Å². The lowest BCUT2D eigenvalue weighted by Crippen LogP contribution is -2.59. The minimum absolute atomic E-state index is 0.518. The van der Waals surface area contributed by atoms with Crippen LogP contribution in [0.3, 0.4) is 0 Å². The first-order valence-electron chi connectivity index (χ1n) is 7.65. The third-order valence-corrected chi connectivity index (χ3v) is 6.13. The highest BCUT2D eigenvalue weighted by Crippen LogP contribution is 2.53. The van der Waals surface area contributed by atoms with Crippen LogP contribution < -0.4 is 0 Å². The summed E-state index contributed by atoms with van der Waals surface area (Å²) in [4.78, 5) is 0. The van der Waals surface area contributed by atoms with Gasteiger partial charge in [0.2, 0.25) is 0 Å². The standard InChI is InChI=1S/C16H28N/c1-4-6-13-11-16(2)15-8-5-7-14(15)9-10-17(16,3)12-13/h13H,4-12H2,1-3H3/q+1. The zero-order valence-corrected chi connectivity index (χ0v) is 11.9. The average molecular weight is 234 g/mol. The average Bonchev–Trinajstić information content (AvgIpc) is 2.82. The second kappa shape index (κ2) is 3.85. The number of likely N-dealkylation sites (N-methyl/N-ethyl adjacent to an activating group) is 1. The van der Waals surface area contributed by atoms with E-state index in [1.807, 2.05) is 11.1 Å². The summed E-state index contributed by atoms with van der Waals surface area (Å²) in [5, 5.41) is 0. The van der Waals surface area contributed by atoms with Gasteiger partial charge in [-0.1, -0.05) is 18.9 Å². The van der Waals surface area contributed by atoms with Crippen molar-refractivity contribution in [2.45, 2.75) is 64.3 Å². The van der Waals surface area contributed by atoms with Crippen LogP contribution in [0.25, 0.3) is 0 Å². The van der Waals surface area contributed by atoms with Crippen molar-refractivity contribution in [1.29, 1.82) is 0 Å². The van der Waals surface area contributed by atoms with Gasteiger partial charge in [0.25, 0.3) is 0 Å². The van der Waals surface area contributed by atoms with Crippen molar-refractivity contribution in [1.82, 2.24) is 0 Å². The Morgan fingerprint density at radius 1 is 1.29 bits per heavy atom. The van der Waals surface area contributed by atoms with Gasteiger partial charge >= 0.3 is 0 Å². The van der Waals surface area contributed by atoms with Gasteiger partial charge < -0.3 is 4.48 Å². The monoisotopic (exact) mass is 234 g/mol. The highest BCUT2D eigenvalue weighted by Gasteiger charge is 2.57. The van der Waals surface area contributed by atoms with E-state index < -0.39 is 0 Å². The lowest BCUT2D eigenvalue weighted by Gasteiger charge is -2.48. The van der Waals surface area contributed by atoms with E-state index in [0.29, 0.717) is 5.54 Å². The van der Waals surface area contributed by atoms with Crippen molar-refractivity contribution in [3.8, 4) is 0 Å². The molecule has 0 radical (unpaired) electrons. The van der Waals surface area contributed by atoms with Crippen LogP contribution in [0.2, 0.25) is 0 Å². The molecular weight excluding hydrogens is 206 g/mol. The Hall–Kier alpha value is -0.300. The van der Waals surface area contributed by atoms with E-state index in [-0.39, 0.29) is 0 Å². The molecule has 0 spiro atoms. The minimum Gasteiger partial charge on any atom is -0.317 e. The second-order valence-electron chi connectivity index (χ2n) is 7.12. The molecule has 3 atom stereocenters. The van der Waals surface area contributed by atoms with E-state index in [1.165, 1.54) is 62.5 Å². The highest BCUT2D eigenvalue weighted by molar-refractivity contribution is 5.31. The maximum Gasteiger partial charge on any atom is 0.118 e. The summed E-state index contributed by atoms with van der Waals surface area (Å²) in [7, 11) is 2.54. The van der Waals surface area contributed by atoms with Crippen molar-refractivity contribution in [2.75, 3.05) is 20.1 Å². The van der Waals surface area contributed by atoms with Crippen LogP contribution >= 0.6 is 0 Å². The lowest BCUT2D eigenvalue weighted by atomic mass is 9.79. The molecule has 1 nitrogen and oxygen atoms in total. The van der Waals surface area contributed by atoms with Gasteiger partial charge in [0.15, 0.2) is 0 Å². The molecule has 0 aromatic carbocycles. The molecule has 0 bridgehead atoms. The fraction of sp³-hybridized carbons (Fsp3) is 0.875. The Morgan fingerprint density at radius 3 is 2.88 bits per heavy atom. The predicted octanol–water partition coefficient (Wildman–Crippen LogP) is 3.90. The quantitative estimate of drug-likeness (QED) is 0.502. The van der Waals surface area contributed by atoms with E-state index >= 15 is 0 Å². The SMILES string of the molecule is CCCC1CC2(C)C3=C(CCC3)CC[N+]2(C)C1. The molecule has 0 saturated carbocycles. The molecule has 3 aliphatic rings. The molecule has 0 N–H and O–H groups in total.